The molecule has 14 nitrogen and oxygen atoms in total. The highest BCUT2D eigenvalue weighted by Gasteiger charge is 2.27. The van der Waals surface area contributed by atoms with Crippen LogP contribution >= 0.6 is 0 Å². The van der Waals surface area contributed by atoms with Crippen molar-refractivity contribution in [3.05, 3.63) is 93.5 Å². The van der Waals surface area contributed by atoms with Crippen LogP contribution in [0.1, 0.15) is 16.7 Å². The number of fused-ring (bicyclic) bond motifs is 4. The topological polar surface area (TPSA) is 168 Å². The molecule has 3 N–H and O–H groups in total. The van der Waals surface area contributed by atoms with Gasteiger partial charge in [-0.15, -0.1) is 0 Å². The molecule has 0 fully saturated rings. The maximum Gasteiger partial charge on any atom is 0.341 e. The monoisotopic (exact) mass is 769 g/mol. The van der Waals surface area contributed by atoms with Crippen molar-refractivity contribution in [2.75, 3.05) is 88.0 Å². The number of nitrogens with zero attached hydrogens (tertiary/aromatic N) is 3. The molecule has 6 rings (SSSR count). The number of aryl methyl sites for hydroxylation is 1. The van der Waals surface area contributed by atoms with Gasteiger partial charge in [0.05, 0.1) is 24.6 Å². The van der Waals surface area contributed by atoms with Crippen molar-refractivity contribution in [3.8, 4) is 28.7 Å². The molecule has 0 saturated carbocycles. The second-order valence-electron chi connectivity index (χ2n) is 13.3. The zero-order valence-corrected chi connectivity index (χ0v) is 32.3. The van der Waals surface area contributed by atoms with Gasteiger partial charge in [0.2, 0.25) is 0 Å². The van der Waals surface area contributed by atoms with E-state index in [-0.39, 0.29) is 51.8 Å². The highest BCUT2D eigenvalue weighted by Crippen LogP contribution is 2.45. The Balaban J connectivity index is 1.51. The van der Waals surface area contributed by atoms with Crippen molar-refractivity contribution in [2.45, 2.75) is 6.92 Å². The van der Waals surface area contributed by atoms with Gasteiger partial charge in [0.15, 0.2) is 6.61 Å². The van der Waals surface area contributed by atoms with E-state index in [1.54, 1.807) is 31.8 Å². The van der Waals surface area contributed by atoms with Crippen molar-refractivity contribution in [3.63, 3.8) is 0 Å². The third-order valence-electron chi connectivity index (χ3n) is 9.03. The molecule has 0 bridgehead atoms. The van der Waals surface area contributed by atoms with E-state index in [2.05, 4.69) is 0 Å². The summed E-state index contributed by atoms with van der Waals surface area (Å²) in [5.74, 6) is -1.16. The molecule has 2 aliphatic heterocycles. The lowest BCUT2D eigenvalue weighted by molar-refractivity contribution is -0.139. The van der Waals surface area contributed by atoms with Gasteiger partial charge in [-0.05, 0) is 63.6 Å². The first-order valence-electron chi connectivity index (χ1n) is 17.6. The summed E-state index contributed by atoms with van der Waals surface area (Å²) < 4.78 is 31.1. The minimum absolute atomic E-state index is 0.0173. The number of hydrogen-bond donors (Lipinski definition) is 3. The average Bonchev–Trinajstić information content (AvgIpc) is 3.13. The van der Waals surface area contributed by atoms with E-state index in [0.29, 0.717) is 45.5 Å². The maximum atomic E-state index is 12.3. The quantitative estimate of drug-likeness (QED) is 0.187. The molecule has 0 spiro atoms. The van der Waals surface area contributed by atoms with Crippen LogP contribution in [-0.2, 0) is 19.1 Å². The fourth-order valence-corrected chi connectivity index (χ4v) is 6.81. The third-order valence-corrected chi connectivity index (χ3v) is 9.47. The van der Waals surface area contributed by atoms with Crippen LogP contribution in [0.25, 0.3) is 5.57 Å². The molecule has 0 aliphatic carbocycles. The van der Waals surface area contributed by atoms with E-state index in [1.807, 2.05) is 80.5 Å². The van der Waals surface area contributed by atoms with E-state index in [0.717, 1.165) is 26.8 Å². The Morgan fingerprint density at radius 2 is 1.40 bits per heavy atom. The lowest BCUT2D eigenvalue weighted by Crippen LogP contribution is -2.35. The molecule has 0 unspecified atom stereocenters. The number of anilines is 3. The second kappa shape index (κ2) is 16.9. The van der Waals surface area contributed by atoms with Crippen LogP contribution in [0.2, 0.25) is 0 Å². The Labute approximate surface area is 320 Å². The minimum atomic E-state index is -1.19. The molecular weight excluding hydrogens is 727 g/mol. The average molecular weight is 770 g/mol. The van der Waals surface area contributed by atoms with Crippen LogP contribution in [0.4, 0.5) is 17.1 Å². The summed E-state index contributed by atoms with van der Waals surface area (Å²) in [6.45, 7) is 1.17. The number of ether oxygens (including phenoxy) is 5. The molecule has 4 aromatic carbocycles. The van der Waals surface area contributed by atoms with Crippen LogP contribution in [0, 0.1) is 11.7 Å². The van der Waals surface area contributed by atoms with E-state index >= 15 is 0 Å². The van der Waals surface area contributed by atoms with Crippen LogP contribution in [0.15, 0.2) is 66.7 Å². The molecule has 0 atom stereocenters. The van der Waals surface area contributed by atoms with Gasteiger partial charge in [0, 0.05) is 66.9 Å². The van der Waals surface area contributed by atoms with Crippen molar-refractivity contribution in [1.82, 2.24) is 0 Å². The van der Waals surface area contributed by atoms with Gasteiger partial charge in [0.1, 0.15) is 55.1 Å². The van der Waals surface area contributed by atoms with Gasteiger partial charge in [-0.2, -0.15) is 0 Å². The lowest BCUT2D eigenvalue weighted by atomic mass is 9.91. The predicted molar refractivity (Wildman–Crippen MR) is 208 cm³/mol. The molecule has 55 heavy (non-hydrogen) atoms. The number of carboxylic acids is 3. The largest absolute Gasteiger partial charge is 0.488 e. The minimum Gasteiger partial charge on any atom is -0.488 e. The van der Waals surface area contributed by atoms with E-state index in [4.69, 9.17) is 23.7 Å². The fourth-order valence-electron chi connectivity index (χ4n) is 6.51. The van der Waals surface area contributed by atoms with Gasteiger partial charge in [0.25, 0.3) is 0 Å². The van der Waals surface area contributed by atoms with Gasteiger partial charge in [-0.25, -0.2) is 4.79 Å². The molecule has 288 valence electrons. The zero-order chi connectivity index (χ0) is 39.2. The summed E-state index contributed by atoms with van der Waals surface area (Å²) in [5.41, 5.74) is 4.71. The van der Waals surface area contributed by atoms with Crippen molar-refractivity contribution in [2.24, 2.45) is 0 Å². The summed E-state index contributed by atoms with van der Waals surface area (Å²) in [6, 6.07) is 20.6. The van der Waals surface area contributed by atoms with E-state index in [9.17, 15) is 29.7 Å². The Morgan fingerprint density at radius 1 is 0.727 bits per heavy atom. The first kappa shape index (κ1) is 38.7. The molecule has 2 aliphatic rings. The van der Waals surface area contributed by atoms with Gasteiger partial charge in [-0.1, -0.05) is 18.2 Å². The summed E-state index contributed by atoms with van der Waals surface area (Å²) in [7, 11) is 5.59. The zero-order valence-electron chi connectivity index (χ0n) is 30.9. The van der Waals surface area contributed by atoms with Crippen molar-refractivity contribution < 1.29 is 53.4 Å². The predicted octanol–water partition coefficient (Wildman–Crippen LogP) is 3.03. The molecule has 4 aromatic rings. The van der Waals surface area contributed by atoms with Crippen molar-refractivity contribution >= 4 is 50.4 Å². The summed E-state index contributed by atoms with van der Waals surface area (Å²) in [6.07, 6.45) is 0. The highest BCUT2D eigenvalue weighted by molar-refractivity contribution is 5.99. The van der Waals surface area contributed by atoms with E-state index < -0.39 is 31.1 Å². The Bertz CT molecular complexity index is 2230. The number of aliphatic carboxylic acids is 3. The molecule has 2 heterocycles. The number of carbonyl (C=O) groups is 3. The SMILES string of the molecule is Cc1ccc2c(c1)OCCOc1cc(C3=c4ccc(=[SiH2])cc4Oc4cc(N(C)C)ccc43)c(OCC(=O)O)cc1N(CC(=O)O)CCOCCN2CC(=O)O. The first-order chi connectivity index (χ1) is 26.4. The van der Waals surface area contributed by atoms with Crippen LogP contribution in [-0.4, -0.2) is 116 Å². The van der Waals surface area contributed by atoms with Crippen LogP contribution < -0.4 is 38.9 Å². The third kappa shape index (κ3) is 9.19. The van der Waals surface area contributed by atoms with Crippen molar-refractivity contribution in [1.29, 1.82) is 0 Å². The smallest absolute Gasteiger partial charge is 0.341 e. The number of carboxylic acid groups (broad SMARTS) is 3. The highest BCUT2D eigenvalue weighted by atomic mass is 28.1. The summed E-state index contributed by atoms with van der Waals surface area (Å²) in [5, 5.41) is 30.1. The van der Waals surface area contributed by atoms with Crippen LogP contribution in [0.3, 0.4) is 0 Å². The summed E-state index contributed by atoms with van der Waals surface area (Å²) in [4.78, 5) is 42.2. The molecular formula is C40H43N3O11Si. The van der Waals surface area contributed by atoms with Crippen LogP contribution in [0.5, 0.6) is 28.7 Å². The number of rotatable bonds is 9. The molecule has 0 aromatic heterocycles. The fraction of sp³-hybridized carbons (Fsp3) is 0.300. The normalized spacial score (nSPS) is 14.3. The molecule has 0 saturated heterocycles. The Kier molecular flexibility index (Phi) is 11.9. The van der Waals surface area contributed by atoms with Gasteiger partial charge in [-0.3, -0.25) is 9.59 Å². The molecule has 0 radical (unpaired) electrons. The summed E-state index contributed by atoms with van der Waals surface area (Å²) >= 11 is 0. The van der Waals surface area contributed by atoms with Gasteiger partial charge < -0.3 is 53.7 Å². The lowest BCUT2D eigenvalue weighted by Gasteiger charge is -2.28. The Hall–Kier alpha value is -6.06. The van der Waals surface area contributed by atoms with Gasteiger partial charge >= 0.3 is 17.9 Å². The first-order valence-corrected chi connectivity index (χ1v) is 18.3. The number of benzene rings is 4. The standard InChI is InChI=1S/C40H43N3O11Si/c1-24-4-9-30-35(16-24)51-14-15-52-36-19-29(40-27-7-5-25(41(2)3)17-33(27)54-34-18-26(55)6-8-28(34)40)32(53-23-39(48)49)20-31(36)43(22-38(46)47)11-13-50-12-10-42(30)21-37(44)45/h4-9,16-20H,10-15,21-23,55H2,1-3H3,(H,44,45)(H,46,47)(H,48,49). The Morgan fingerprint density at radius 3 is 2.05 bits per heavy atom. The maximum absolute atomic E-state index is 12.3. The second-order valence-corrected chi connectivity index (χ2v) is 14.1. The number of hydrogen-bond acceptors (Lipinski definition) is 11. The molecule has 15 heteroatoms. The van der Waals surface area contributed by atoms with E-state index in [1.165, 1.54) is 0 Å². The molecule has 0 amide bonds.